The highest BCUT2D eigenvalue weighted by Gasteiger charge is 2.65. The first-order valence-electron chi connectivity index (χ1n) is 12.2. The molecule has 5 atom stereocenters. The van der Waals surface area contributed by atoms with Crippen molar-refractivity contribution >= 4 is 49.9 Å². The molecular formula is C25H26N6O3S. The van der Waals surface area contributed by atoms with Crippen molar-refractivity contribution in [2.45, 2.75) is 51.6 Å². The second-order valence-corrected chi connectivity index (χ2v) is 11.7. The summed E-state index contributed by atoms with van der Waals surface area (Å²) in [5, 5.41) is 22.3. The van der Waals surface area contributed by atoms with E-state index in [1.165, 1.54) is 16.8 Å². The van der Waals surface area contributed by atoms with E-state index in [0.29, 0.717) is 35.3 Å². The summed E-state index contributed by atoms with van der Waals surface area (Å²) in [5.41, 5.74) is 1.74. The van der Waals surface area contributed by atoms with E-state index in [9.17, 15) is 14.7 Å². The van der Waals surface area contributed by atoms with Gasteiger partial charge in [-0.1, -0.05) is 6.92 Å². The molecule has 2 saturated carbocycles. The van der Waals surface area contributed by atoms with Crippen molar-refractivity contribution in [3.05, 3.63) is 39.4 Å². The van der Waals surface area contributed by atoms with E-state index < -0.39 is 0 Å². The quantitative estimate of drug-likeness (QED) is 0.344. The Balaban J connectivity index is 1.17. The van der Waals surface area contributed by atoms with E-state index in [2.05, 4.69) is 37.4 Å². The average Bonchev–Trinajstić information content (AvgIpc) is 3.08. The van der Waals surface area contributed by atoms with Crippen LogP contribution in [0.25, 0.3) is 21.3 Å². The zero-order valence-electron chi connectivity index (χ0n) is 19.3. The van der Waals surface area contributed by atoms with Crippen molar-refractivity contribution in [1.29, 1.82) is 0 Å². The lowest BCUT2D eigenvalue weighted by Crippen LogP contribution is -2.27. The Morgan fingerprint density at radius 3 is 3.03 bits per heavy atom. The Labute approximate surface area is 204 Å². The third kappa shape index (κ3) is 3.19. The topological polar surface area (TPSA) is 137 Å². The van der Waals surface area contributed by atoms with Gasteiger partial charge in [-0.15, -0.1) is 11.3 Å². The van der Waals surface area contributed by atoms with Gasteiger partial charge in [-0.2, -0.15) is 5.10 Å². The highest BCUT2D eigenvalue weighted by molar-refractivity contribution is 7.19. The number of pyridine rings is 1. The van der Waals surface area contributed by atoms with Crippen LogP contribution in [0, 0.1) is 23.2 Å². The van der Waals surface area contributed by atoms with Gasteiger partial charge < -0.3 is 15.4 Å². The fourth-order valence-electron chi connectivity index (χ4n) is 6.64. The number of nitrogens with zero attached hydrogens (tertiary/aromatic N) is 3. The summed E-state index contributed by atoms with van der Waals surface area (Å²) in [4.78, 5) is 39.8. The van der Waals surface area contributed by atoms with Crippen LogP contribution in [0.4, 0.5) is 11.5 Å². The number of ketones is 1. The van der Waals surface area contributed by atoms with Gasteiger partial charge in [-0.25, -0.2) is 9.97 Å². The Bertz CT molecular complexity index is 1560. The minimum absolute atomic E-state index is 0.00115. The van der Waals surface area contributed by atoms with Crippen LogP contribution in [0.3, 0.4) is 0 Å². The first kappa shape index (κ1) is 21.2. The zero-order valence-corrected chi connectivity index (χ0v) is 20.1. The Kier molecular flexibility index (Phi) is 4.51. The highest BCUT2D eigenvalue weighted by Crippen LogP contribution is 2.65. The maximum absolute atomic E-state index is 13.4. The van der Waals surface area contributed by atoms with E-state index >= 15 is 0 Å². The van der Waals surface area contributed by atoms with Crippen molar-refractivity contribution in [2.24, 2.45) is 23.2 Å². The molecule has 0 saturated heterocycles. The van der Waals surface area contributed by atoms with Crippen LogP contribution in [-0.4, -0.2) is 42.1 Å². The minimum atomic E-state index is -0.330. The Morgan fingerprint density at radius 2 is 2.20 bits per heavy atom. The number of aryl methyl sites for hydroxylation is 1. The maximum Gasteiger partial charge on any atom is 0.273 e. The molecule has 2 fully saturated rings. The van der Waals surface area contributed by atoms with Gasteiger partial charge in [0.2, 0.25) is 0 Å². The second kappa shape index (κ2) is 7.44. The molecule has 0 amide bonds. The first-order chi connectivity index (χ1) is 16.9. The molecule has 3 aliphatic rings. The van der Waals surface area contributed by atoms with Gasteiger partial charge in [0, 0.05) is 27.5 Å². The Hall–Kier alpha value is -3.11. The fraction of sp³-hybridized carbons (Fsp3) is 0.480. The molecule has 4 N–H and O–H groups in total. The molecule has 4 aromatic rings. The van der Waals surface area contributed by atoms with Crippen LogP contribution in [0.5, 0.6) is 0 Å². The van der Waals surface area contributed by atoms with Crippen LogP contribution < -0.4 is 10.9 Å². The number of rotatable bonds is 4. The van der Waals surface area contributed by atoms with E-state index in [-0.39, 0.29) is 28.9 Å². The Morgan fingerprint density at radius 1 is 1.31 bits per heavy atom. The average molecular weight is 491 g/mol. The van der Waals surface area contributed by atoms with Crippen LogP contribution in [0.15, 0.2) is 23.4 Å². The lowest BCUT2D eigenvalue weighted by molar-refractivity contribution is -0.125. The van der Waals surface area contributed by atoms with Crippen molar-refractivity contribution in [3.63, 3.8) is 0 Å². The van der Waals surface area contributed by atoms with Crippen LogP contribution >= 0.6 is 11.3 Å². The molecule has 3 aliphatic carbocycles. The third-order valence-electron chi connectivity index (χ3n) is 8.43. The van der Waals surface area contributed by atoms with Gasteiger partial charge in [0.1, 0.15) is 34.1 Å². The molecule has 10 heteroatoms. The standard InChI is InChI=1S/C25H26N6O3S/c1-11-4-18(32)25(7-11)8-15(25)20(33)12-2-3-14-17(6-12)35-24-19(14)22(26-10-27-24)29-16-5-13-9-28-31-21(13)30-23(16)34/h5,9-12,15,18,32H,2-4,6-8H2,1H3,(H,26,27,29)(H2,28,30,31,34). The van der Waals surface area contributed by atoms with E-state index in [1.807, 2.05) is 0 Å². The molecule has 0 radical (unpaired) electrons. The summed E-state index contributed by atoms with van der Waals surface area (Å²) in [7, 11) is 0. The molecule has 35 heavy (non-hydrogen) atoms. The molecule has 5 unspecified atom stereocenters. The SMILES string of the molecule is CC1CC(O)C2(C1)CC2C(=O)C1CCc2c(sc3ncnc(Nc4cc5cn[nH]c5[nH]c4=O)c23)C1. The molecule has 1 spiro atoms. The molecule has 0 aliphatic heterocycles. The maximum atomic E-state index is 13.4. The van der Waals surface area contributed by atoms with E-state index in [0.717, 1.165) is 47.7 Å². The number of hydrogen-bond acceptors (Lipinski definition) is 8. The fourth-order valence-corrected chi connectivity index (χ4v) is 7.91. The van der Waals surface area contributed by atoms with Crippen molar-refractivity contribution in [1.82, 2.24) is 25.1 Å². The number of fused-ring (bicyclic) bond motifs is 4. The molecular weight excluding hydrogens is 464 g/mol. The number of carbonyl (C=O) groups is 1. The molecule has 0 aromatic carbocycles. The number of Topliss-reactive ketones (excluding diaryl/α,β-unsaturated/α-hetero) is 1. The number of nitrogens with one attached hydrogen (secondary N) is 3. The van der Waals surface area contributed by atoms with Gasteiger partial charge in [0.05, 0.1) is 17.7 Å². The molecule has 9 nitrogen and oxygen atoms in total. The minimum Gasteiger partial charge on any atom is -0.393 e. The monoisotopic (exact) mass is 490 g/mol. The van der Waals surface area contributed by atoms with Crippen LogP contribution in [0.2, 0.25) is 0 Å². The number of aliphatic hydroxyl groups excluding tert-OH is 1. The summed E-state index contributed by atoms with van der Waals surface area (Å²) in [6.07, 6.45) is 7.77. The van der Waals surface area contributed by atoms with Gasteiger partial charge in [-0.3, -0.25) is 14.7 Å². The number of aliphatic hydroxyl groups is 1. The summed E-state index contributed by atoms with van der Waals surface area (Å²) in [6.45, 7) is 2.18. The summed E-state index contributed by atoms with van der Waals surface area (Å²) < 4.78 is 0. The lowest BCUT2D eigenvalue weighted by atomic mass is 9.82. The molecule has 4 heterocycles. The molecule has 0 bridgehead atoms. The molecule has 180 valence electrons. The normalized spacial score (nSPS) is 29.7. The number of hydrogen-bond donors (Lipinski definition) is 4. The van der Waals surface area contributed by atoms with Crippen LogP contribution in [-0.2, 0) is 17.6 Å². The zero-order chi connectivity index (χ0) is 23.9. The second-order valence-electron chi connectivity index (χ2n) is 10.6. The summed E-state index contributed by atoms with van der Waals surface area (Å²) in [5.74, 6) is 1.46. The van der Waals surface area contributed by atoms with Gasteiger partial charge >= 0.3 is 0 Å². The number of anilines is 2. The summed E-state index contributed by atoms with van der Waals surface area (Å²) in [6, 6.07) is 1.75. The lowest BCUT2D eigenvalue weighted by Gasteiger charge is -2.23. The van der Waals surface area contributed by atoms with Crippen molar-refractivity contribution in [3.8, 4) is 0 Å². The van der Waals surface area contributed by atoms with Gasteiger partial charge in [-0.05, 0) is 56.1 Å². The largest absolute Gasteiger partial charge is 0.393 e. The number of carbonyl (C=O) groups excluding carboxylic acids is 1. The first-order valence-corrected chi connectivity index (χ1v) is 13.0. The van der Waals surface area contributed by atoms with Crippen molar-refractivity contribution < 1.29 is 9.90 Å². The van der Waals surface area contributed by atoms with E-state index in [1.54, 1.807) is 23.6 Å². The number of aromatic amines is 2. The summed E-state index contributed by atoms with van der Waals surface area (Å²) >= 11 is 1.62. The number of H-pyrrole nitrogens is 2. The predicted octanol–water partition coefficient (Wildman–Crippen LogP) is 3.47. The van der Waals surface area contributed by atoms with Crippen molar-refractivity contribution in [2.75, 3.05) is 5.32 Å². The van der Waals surface area contributed by atoms with E-state index in [4.69, 9.17) is 0 Å². The van der Waals surface area contributed by atoms with Gasteiger partial charge in [0.15, 0.2) is 0 Å². The smallest absolute Gasteiger partial charge is 0.273 e. The predicted molar refractivity (Wildman–Crippen MR) is 133 cm³/mol. The number of thiophene rings is 1. The third-order valence-corrected chi connectivity index (χ3v) is 9.59. The highest BCUT2D eigenvalue weighted by atomic mass is 32.1. The molecule has 7 rings (SSSR count). The van der Waals surface area contributed by atoms with Crippen LogP contribution in [0.1, 0.15) is 43.0 Å². The molecule has 4 aromatic heterocycles. The van der Waals surface area contributed by atoms with Gasteiger partial charge in [0.25, 0.3) is 5.56 Å². The number of aromatic nitrogens is 5.